The maximum Gasteiger partial charge on any atom is 0.269 e. The Labute approximate surface area is 766 Å². The molecule has 12 aromatic rings. The minimum absolute atomic E-state index is 0.0742. The van der Waals surface area contributed by atoms with E-state index in [0.717, 1.165) is 130 Å². The quantitative estimate of drug-likeness (QED) is 0.0159. The molecule has 13 heteroatoms. The molecule has 0 unspecified atom stereocenters. The molecule has 5 aliphatic rings. The molecule has 17 rings (SSSR count). The maximum atomic E-state index is 11.2. The van der Waals surface area contributed by atoms with Gasteiger partial charge in [0.15, 0.2) is 0 Å². The number of nitro groups is 1. The average Bonchev–Trinajstić information content (AvgIpc) is 1.69. The second-order valence-corrected chi connectivity index (χ2v) is 35.5. The number of hydrogen-bond donors (Lipinski definition) is 5. The molecule has 3 saturated heterocycles. The van der Waals surface area contributed by atoms with Gasteiger partial charge in [0.1, 0.15) is 5.75 Å². The Hall–Kier alpha value is -11.9. The molecule has 13 nitrogen and oxygen atoms in total. The number of anilines is 2. The van der Waals surface area contributed by atoms with Crippen LogP contribution < -0.4 is 9.80 Å². The molecule has 5 fully saturated rings. The zero-order valence-corrected chi connectivity index (χ0v) is 76.2. The monoisotopic (exact) mass is 1720 g/mol. The van der Waals surface area contributed by atoms with Gasteiger partial charge in [-0.05, 0) is 289 Å². The second-order valence-electron chi connectivity index (χ2n) is 35.5. The lowest BCUT2D eigenvalue weighted by atomic mass is 9.79. The van der Waals surface area contributed by atoms with E-state index in [4.69, 9.17) is 0 Å². The first-order valence-corrected chi connectivity index (χ1v) is 47.0. The standard InChI is InChI=1S/C31H38N2O.C29H31NO2.C28H31N3O3.C28H30O/c1-24(2)32-19-21-33(22-20-32)29-17-15-28(16-18-29)31(27-13-11-25(3)12-14-27)30(10-7-23-34)26-8-5-4-6-9-26;31-18-4-7-28(22-5-2-1-3-6-22)29(24-12-16-27(32)17-13-24)23-10-8-21(9-11-23)25-19-30(20-25)26-14-15-26;1-29-17-19-30(20-18-29)25-13-9-23(10-14-25)28(24-11-15-26(16-12-24)31(33)34)27(8-5-21-32)22-6-3-2-4-7-22;1-21-12-14-25(15-13-21)28(26-18-16-23(17-19-26)22-9-5-10-22)27(11-6-20-29)24-7-3-2-4-8-24/h4-6,8-9,11-18,24,34H,7,10,19-23H2,1-3H3;1-3,5-6,8-13,16-17,25-26,31-32H,4,7,14-15,18-20H2;2-4,6-7,9-16,32H,5,8,17-21H2,1H3;2-4,7-8,12-19,22,29H,5-6,9-11,20H2,1H3/b31-30-;29-28+;28-27+;28-27-. The van der Waals surface area contributed by atoms with Gasteiger partial charge in [0.2, 0.25) is 0 Å². The summed E-state index contributed by atoms with van der Waals surface area (Å²) < 4.78 is 0. The smallest absolute Gasteiger partial charge is 0.269 e. The summed E-state index contributed by atoms with van der Waals surface area (Å²) in [6.45, 7) is 20.4. The van der Waals surface area contributed by atoms with Gasteiger partial charge < -0.3 is 40.2 Å². The molecule has 0 bridgehead atoms. The fourth-order valence-corrected chi connectivity index (χ4v) is 18.4. The normalized spacial score (nSPS) is 15.8. The fraction of sp³-hybridized carbons (Fsp3) is 0.310. The summed E-state index contributed by atoms with van der Waals surface area (Å²) >= 11 is 0. The molecule has 129 heavy (non-hydrogen) atoms. The van der Waals surface area contributed by atoms with E-state index in [1.165, 1.54) is 157 Å². The highest BCUT2D eigenvalue weighted by Crippen LogP contribution is 2.44. The lowest BCUT2D eigenvalue weighted by molar-refractivity contribution is -0.384. The van der Waals surface area contributed by atoms with E-state index in [-0.39, 0.29) is 42.8 Å². The van der Waals surface area contributed by atoms with Crippen molar-refractivity contribution in [1.29, 1.82) is 0 Å². The van der Waals surface area contributed by atoms with E-state index in [0.29, 0.717) is 31.2 Å². The van der Waals surface area contributed by atoms with E-state index in [9.17, 15) is 35.6 Å². The molecule has 0 amide bonds. The van der Waals surface area contributed by atoms with Crippen molar-refractivity contribution < 1.29 is 30.5 Å². The number of aliphatic hydroxyl groups is 4. The summed E-state index contributed by atoms with van der Waals surface area (Å²) in [6.07, 6.45) is 12.8. The molecule has 3 aliphatic heterocycles. The molecule has 0 radical (unpaired) electrons. The van der Waals surface area contributed by atoms with Crippen molar-refractivity contribution in [3.05, 3.63) is 415 Å². The van der Waals surface area contributed by atoms with Crippen molar-refractivity contribution in [2.24, 2.45) is 0 Å². The number of allylic oxidation sites excluding steroid dienone is 4. The van der Waals surface area contributed by atoms with E-state index in [1.54, 1.807) is 24.3 Å². The summed E-state index contributed by atoms with van der Waals surface area (Å²) in [6, 6.07) is 111. The van der Waals surface area contributed by atoms with Crippen LogP contribution in [0, 0.1) is 24.0 Å². The Bertz CT molecular complexity index is 5600. The molecule has 666 valence electrons. The summed E-state index contributed by atoms with van der Waals surface area (Å²) in [4.78, 5) is 23.3. The number of likely N-dealkylation sites (tertiary alicyclic amines) is 1. The van der Waals surface area contributed by atoms with Crippen molar-refractivity contribution in [2.75, 3.05) is 109 Å². The van der Waals surface area contributed by atoms with Crippen molar-refractivity contribution >= 4 is 61.6 Å². The average molecular weight is 1720 g/mol. The van der Waals surface area contributed by atoms with Gasteiger partial charge in [-0.3, -0.25) is 19.9 Å². The highest BCUT2D eigenvalue weighted by Gasteiger charge is 2.38. The maximum absolute atomic E-state index is 11.2. The molecule has 12 aromatic carbocycles. The number of piperazine rings is 2. The number of phenolic OH excluding ortho intramolecular Hbond substituents is 1. The molecule has 0 spiro atoms. The third-order valence-electron chi connectivity index (χ3n) is 26.2. The molecule has 0 aromatic heterocycles. The minimum atomic E-state index is -0.373. The molecular weight excluding hydrogens is 1590 g/mol. The van der Waals surface area contributed by atoms with Crippen molar-refractivity contribution in [1.82, 2.24) is 14.7 Å². The summed E-state index contributed by atoms with van der Waals surface area (Å²) in [5, 5.41) is 59.3. The van der Waals surface area contributed by atoms with Crippen LogP contribution in [0.5, 0.6) is 5.75 Å². The van der Waals surface area contributed by atoms with Crippen LogP contribution in [0.15, 0.2) is 315 Å². The number of nitro benzene ring substituents is 1. The van der Waals surface area contributed by atoms with Crippen LogP contribution in [0.25, 0.3) is 44.6 Å². The molecule has 2 aliphatic carbocycles. The Balaban J connectivity index is 0.000000139. The van der Waals surface area contributed by atoms with E-state index >= 15 is 0 Å². The molecule has 2 saturated carbocycles. The van der Waals surface area contributed by atoms with Gasteiger partial charge in [-0.15, -0.1) is 0 Å². The van der Waals surface area contributed by atoms with E-state index in [1.807, 2.05) is 48.5 Å². The van der Waals surface area contributed by atoms with Crippen LogP contribution in [0.1, 0.15) is 198 Å². The van der Waals surface area contributed by atoms with Gasteiger partial charge in [-0.25, -0.2) is 0 Å². The molecule has 3 heterocycles. The Morgan fingerprint density at radius 1 is 0.349 bits per heavy atom. The third kappa shape index (κ3) is 25.2. The first kappa shape index (κ1) is 93.3. The highest BCUT2D eigenvalue weighted by molar-refractivity contribution is 6.02. The largest absolute Gasteiger partial charge is 0.508 e. The molecule has 5 N–H and O–H groups in total. The van der Waals surface area contributed by atoms with Gasteiger partial charge >= 0.3 is 0 Å². The summed E-state index contributed by atoms with van der Waals surface area (Å²) in [7, 11) is 2.15. The number of aryl methyl sites for hydroxylation is 2. The number of phenols is 1. The molecular formula is C116H130N6O7. The van der Waals surface area contributed by atoms with Crippen LogP contribution >= 0.6 is 0 Å². The lowest BCUT2D eigenvalue weighted by Crippen LogP contribution is -2.48. The first-order valence-electron chi connectivity index (χ1n) is 47.0. The first-order chi connectivity index (χ1) is 63.1. The molecule has 0 atom stereocenters. The van der Waals surface area contributed by atoms with Gasteiger partial charge in [0.05, 0.1) is 4.92 Å². The minimum Gasteiger partial charge on any atom is -0.508 e. The highest BCUT2D eigenvalue weighted by atomic mass is 16.6. The van der Waals surface area contributed by atoms with E-state index < -0.39 is 0 Å². The number of aromatic hydroxyl groups is 1. The summed E-state index contributed by atoms with van der Waals surface area (Å²) in [5.74, 6) is 1.66. The van der Waals surface area contributed by atoms with Gasteiger partial charge in [0.25, 0.3) is 5.69 Å². The number of hydrogen-bond acceptors (Lipinski definition) is 12. The van der Waals surface area contributed by atoms with Gasteiger partial charge in [-0.1, -0.05) is 272 Å². The van der Waals surface area contributed by atoms with E-state index in [2.05, 4.69) is 302 Å². The Morgan fingerprint density at radius 2 is 0.636 bits per heavy atom. The Kier molecular flexibility index (Phi) is 33.9. The number of likely N-dealkylation sites (N-methyl/N-ethyl adjacent to an activating group) is 1. The van der Waals surface area contributed by atoms with Crippen LogP contribution in [-0.4, -0.2) is 156 Å². The van der Waals surface area contributed by atoms with Crippen molar-refractivity contribution in [3.63, 3.8) is 0 Å². The van der Waals surface area contributed by atoms with Crippen LogP contribution in [0.4, 0.5) is 17.1 Å². The predicted molar refractivity (Wildman–Crippen MR) is 537 cm³/mol. The SMILES string of the molecule is CN1CCN(c2ccc(/C(=C(/CCCO)c3ccccc3)c3ccc([N+](=O)[O-])cc3)cc2)CC1.Cc1ccc(/C(=C(\CCCO)c2ccccc2)c2ccc(C3CCC3)cc2)cc1.Cc1ccc(/C(=C(\CCCO)c2ccccc2)c2ccc(N3CCN(C(C)C)CC3)cc2)cc1.OCCC/C(=C(\c1ccc(O)cc1)c1ccc(C2CN(C3CC3)C2)cc1)c1ccccc1. The third-order valence-corrected chi connectivity index (χ3v) is 26.2. The summed E-state index contributed by atoms with van der Waals surface area (Å²) in [5.41, 5.74) is 31.6. The zero-order chi connectivity index (χ0) is 89.8. The zero-order valence-electron chi connectivity index (χ0n) is 76.2. The van der Waals surface area contributed by atoms with Gasteiger partial charge in [0, 0.05) is 133 Å². The van der Waals surface area contributed by atoms with Crippen LogP contribution in [0.2, 0.25) is 0 Å². The van der Waals surface area contributed by atoms with Crippen molar-refractivity contribution in [3.8, 4) is 5.75 Å². The van der Waals surface area contributed by atoms with Gasteiger partial charge in [-0.2, -0.15) is 0 Å². The number of rotatable bonds is 31. The second kappa shape index (κ2) is 46.9. The van der Waals surface area contributed by atoms with Crippen LogP contribution in [-0.2, 0) is 0 Å². The van der Waals surface area contributed by atoms with Crippen molar-refractivity contribution in [2.45, 2.75) is 135 Å². The fourth-order valence-electron chi connectivity index (χ4n) is 18.4. The number of benzene rings is 12. The topological polar surface area (TPSA) is 160 Å². The Morgan fingerprint density at radius 3 is 0.922 bits per heavy atom. The number of nitrogens with zero attached hydrogens (tertiary/aromatic N) is 6. The lowest BCUT2D eigenvalue weighted by Gasteiger charge is -2.40. The number of non-ortho nitro benzene ring substituents is 1. The van der Waals surface area contributed by atoms with Crippen LogP contribution in [0.3, 0.4) is 0 Å². The predicted octanol–water partition coefficient (Wildman–Crippen LogP) is 24.0. The number of aliphatic hydroxyl groups excluding tert-OH is 4.